The van der Waals surface area contributed by atoms with Crippen LogP contribution in [0.5, 0.6) is 0 Å². The fourth-order valence-electron chi connectivity index (χ4n) is 0.0278. The molecule has 0 amide bonds. The third-order valence-electron chi connectivity index (χ3n) is 0.192. The van der Waals surface area contributed by atoms with Crippen LogP contribution in [0.4, 0.5) is 4.79 Å². The second-order valence-corrected chi connectivity index (χ2v) is 0.721. The molecule has 0 aromatic carbocycles. The molecular formula is CH4BCaO3P. The van der Waals surface area contributed by atoms with Crippen LogP contribution in [0, 0.1) is 0 Å². The molecule has 0 rings (SSSR count). The molecular weight excluding hydrogens is 142 g/mol. The third-order valence-corrected chi connectivity index (χ3v) is 0.385. The molecule has 0 fully saturated rings. The van der Waals surface area contributed by atoms with Crippen molar-refractivity contribution in [1.29, 1.82) is 0 Å². The van der Waals surface area contributed by atoms with Gasteiger partial charge in [0.15, 0.2) is 0 Å². The standard InChI is InChI=1S/CH2BO3P.Ca.2H/c2-4-1(3)5-6;;;/h6H2;;;/q;+2;2*-1. The van der Waals surface area contributed by atoms with E-state index in [1.54, 1.807) is 9.47 Å². The van der Waals surface area contributed by atoms with Gasteiger partial charge in [-0.2, -0.15) is 0 Å². The minimum atomic E-state index is -0.917. The van der Waals surface area contributed by atoms with Crippen molar-refractivity contribution >= 4 is 61.4 Å². The number of carbonyl (C=O) groups is 1. The van der Waals surface area contributed by atoms with E-state index in [1.165, 1.54) is 0 Å². The Morgan fingerprint density at radius 1 is 1.86 bits per heavy atom. The quantitative estimate of drug-likeness (QED) is 0.352. The first-order valence-corrected chi connectivity index (χ1v) is 1.56. The molecule has 0 heterocycles. The summed E-state index contributed by atoms with van der Waals surface area (Å²) in [4.78, 5) is 9.59. The monoisotopic (exact) mass is 146 g/mol. The molecule has 0 aliphatic carbocycles. The Kier molecular flexibility index (Phi) is 10.9. The van der Waals surface area contributed by atoms with Crippen LogP contribution in [0.1, 0.15) is 2.85 Å². The molecule has 0 saturated carbocycles. The second kappa shape index (κ2) is 7.02. The van der Waals surface area contributed by atoms with Gasteiger partial charge in [-0.05, 0) is 0 Å². The Balaban J connectivity index is -0.0000000417. The average molecular weight is 146 g/mol. The van der Waals surface area contributed by atoms with E-state index < -0.39 is 6.16 Å². The molecule has 1 atom stereocenters. The number of hydrogen-bond acceptors (Lipinski definition) is 3. The van der Waals surface area contributed by atoms with Crippen LogP contribution >= 0.6 is 9.47 Å². The molecule has 36 valence electrons. The average Bonchev–Trinajstić information content (AvgIpc) is 1.65. The van der Waals surface area contributed by atoms with Gasteiger partial charge in [0.25, 0.3) is 0 Å². The van der Waals surface area contributed by atoms with Crippen LogP contribution < -0.4 is 0 Å². The summed E-state index contributed by atoms with van der Waals surface area (Å²) < 4.78 is 7.35. The zero-order chi connectivity index (χ0) is 4.99. The summed E-state index contributed by atoms with van der Waals surface area (Å²) in [6.07, 6.45) is -0.917. The molecule has 0 aliphatic heterocycles. The van der Waals surface area contributed by atoms with Gasteiger partial charge in [-0.15, -0.1) is 0 Å². The van der Waals surface area contributed by atoms with Crippen LogP contribution in [0.2, 0.25) is 0 Å². The molecule has 0 aromatic rings. The molecule has 6 heteroatoms. The van der Waals surface area contributed by atoms with Crippen LogP contribution in [-0.4, -0.2) is 51.9 Å². The molecule has 0 saturated heterocycles. The van der Waals surface area contributed by atoms with Gasteiger partial charge in [-0.3, -0.25) is 0 Å². The topological polar surface area (TPSA) is 35.5 Å². The Morgan fingerprint density at radius 2 is 2.29 bits per heavy atom. The van der Waals surface area contributed by atoms with E-state index in [0.29, 0.717) is 0 Å². The minimum absolute atomic E-state index is 0. The maximum absolute atomic E-state index is 9.59. The second-order valence-electron chi connectivity index (χ2n) is 0.486. The zero-order valence-corrected chi connectivity index (χ0v) is 6.95. The van der Waals surface area contributed by atoms with Gasteiger partial charge >= 0.3 is 51.9 Å². The van der Waals surface area contributed by atoms with Crippen molar-refractivity contribution in [1.82, 2.24) is 0 Å². The molecule has 3 nitrogen and oxygen atoms in total. The molecule has 0 spiro atoms. The third kappa shape index (κ3) is 7.02. The smallest absolute Gasteiger partial charge is 1.00 e. The maximum atomic E-state index is 9.59. The van der Waals surface area contributed by atoms with Gasteiger partial charge in [0.05, 0.1) is 9.47 Å². The summed E-state index contributed by atoms with van der Waals surface area (Å²) in [5, 5.41) is 0. The Bertz CT molecular complexity index is 59.8. The molecule has 1 unspecified atom stereocenters. The minimum Gasteiger partial charge on any atom is -1.00 e. The summed E-state index contributed by atoms with van der Waals surface area (Å²) in [5.41, 5.74) is 0. The van der Waals surface area contributed by atoms with Gasteiger partial charge in [0.2, 0.25) is 0 Å². The summed E-state index contributed by atoms with van der Waals surface area (Å²) >= 11 is 0. The first-order valence-electron chi connectivity index (χ1n) is 1.08. The summed E-state index contributed by atoms with van der Waals surface area (Å²) in [6.45, 7) is 0. The van der Waals surface area contributed by atoms with Crippen LogP contribution in [0.15, 0.2) is 0 Å². The first kappa shape index (κ1) is 10.9. The van der Waals surface area contributed by atoms with Crippen molar-refractivity contribution in [2.75, 3.05) is 0 Å². The summed E-state index contributed by atoms with van der Waals surface area (Å²) in [5.74, 6) is 0. The van der Waals surface area contributed by atoms with E-state index in [-0.39, 0.29) is 40.6 Å². The molecule has 0 N–H and O–H groups in total. The van der Waals surface area contributed by atoms with Crippen molar-refractivity contribution < 1.29 is 16.8 Å². The van der Waals surface area contributed by atoms with Crippen LogP contribution in [-0.2, 0) is 9.18 Å². The van der Waals surface area contributed by atoms with E-state index in [9.17, 15) is 4.79 Å². The van der Waals surface area contributed by atoms with Crippen LogP contribution in [0.25, 0.3) is 0 Å². The number of carbonyl (C=O) groups excluding carboxylic acids is 1. The fraction of sp³-hybridized carbons (Fsp3) is 0. The molecule has 2 radical (unpaired) electrons. The predicted molar refractivity (Wildman–Crippen MR) is 31.0 cm³/mol. The van der Waals surface area contributed by atoms with Gasteiger partial charge in [-0.25, -0.2) is 4.79 Å². The van der Waals surface area contributed by atoms with E-state index in [1.807, 2.05) is 0 Å². The van der Waals surface area contributed by atoms with Crippen LogP contribution in [0.3, 0.4) is 0 Å². The van der Waals surface area contributed by atoms with Crippen molar-refractivity contribution in [2.45, 2.75) is 0 Å². The normalized spacial score (nSPS) is 5.86. The van der Waals surface area contributed by atoms with Crippen molar-refractivity contribution in [2.24, 2.45) is 0 Å². The molecule has 0 aliphatic rings. The first-order chi connectivity index (χ1) is 2.81. The van der Waals surface area contributed by atoms with Gasteiger partial charge in [0, 0.05) is 0 Å². The Labute approximate surface area is 77.8 Å². The van der Waals surface area contributed by atoms with Crippen molar-refractivity contribution in [3.05, 3.63) is 0 Å². The maximum Gasteiger partial charge on any atom is 2.00 e. The number of rotatable bonds is 0. The Hall–Kier alpha value is 1.02. The molecule has 0 bridgehead atoms. The summed E-state index contributed by atoms with van der Waals surface area (Å²) in [7, 11) is 5.98. The SMILES string of the molecule is [B]OC(=O)OP.[Ca+2].[H-].[H-]. The van der Waals surface area contributed by atoms with Crippen molar-refractivity contribution in [3.63, 3.8) is 0 Å². The zero-order valence-electron chi connectivity index (χ0n) is 5.59. The fourth-order valence-corrected chi connectivity index (χ4v) is 0.0833. The van der Waals surface area contributed by atoms with E-state index in [2.05, 4.69) is 17.2 Å². The molecule has 0 aromatic heterocycles. The molecule has 7 heavy (non-hydrogen) atoms. The van der Waals surface area contributed by atoms with E-state index >= 15 is 0 Å². The van der Waals surface area contributed by atoms with Gasteiger partial charge in [0.1, 0.15) is 0 Å². The predicted octanol–water partition coefficient (Wildman–Crippen LogP) is -0.143. The summed E-state index contributed by atoms with van der Waals surface area (Å²) in [6, 6.07) is 0. The van der Waals surface area contributed by atoms with Crippen molar-refractivity contribution in [3.8, 4) is 0 Å². The Morgan fingerprint density at radius 3 is 2.29 bits per heavy atom. The van der Waals surface area contributed by atoms with E-state index in [4.69, 9.17) is 0 Å². The van der Waals surface area contributed by atoms with Gasteiger partial charge < -0.3 is 12.0 Å². The largest absolute Gasteiger partial charge is 2.00 e. The number of hydrogen-bond donors (Lipinski definition) is 0. The van der Waals surface area contributed by atoms with Gasteiger partial charge in [-0.1, -0.05) is 0 Å². The van der Waals surface area contributed by atoms with E-state index in [0.717, 1.165) is 0 Å².